The minimum atomic E-state index is -0.747. The van der Waals surface area contributed by atoms with Crippen LogP contribution in [0.3, 0.4) is 0 Å². The van der Waals surface area contributed by atoms with Crippen molar-refractivity contribution < 1.29 is 19.1 Å². The minimum absolute atomic E-state index is 0.450. The topological polar surface area (TPSA) is 55.8 Å². The van der Waals surface area contributed by atoms with Gasteiger partial charge in [0.2, 0.25) is 0 Å². The summed E-state index contributed by atoms with van der Waals surface area (Å²) in [5, 5.41) is 0. The molecule has 0 N–H and O–H groups in total. The van der Waals surface area contributed by atoms with Gasteiger partial charge in [-0.15, -0.1) is 0 Å². The van der Waals surface area contributed by atoms with Gasteiger partial charge in [-0.25, -0.2) is 14.5 Å². The second-order valence-corrected chi connectivity index (χ2v) is 6.06. The van der Waals surface area contributed by atoms with Gasteiger partial charge in [-0.05, 0) is 34.8 Å². The van der Waals surface area contributed by atoms with E-state index in [1.165, 1.54) is 14.2 Å². The largest absolute Gasteiger partial charge is 0.452 e. The molecule has 0 heterocycles. The Labute approximate surface area is 158 Å². The molecule has 1 aliphatic rings. The number of fused-ring (bicyclic) bond motifs is 1. The van der Waals surface area contributed by atoms with E-state index < -0.39 is 18.2 Å². The molecular weight excluding hydrogens is 342 g/mol. The van der Waals surface area contributed by atoms with Crippen LogP contribution < -0.4 is 0 Å². The van der Waals surface area contributed by atoms with Crippen molar-refractivity contribution in [2.75, 3.05) is 14.2 Å². The summed E-state index contributed by atoms with van der Waals surface area (Å²) in [4.78, 5) is 25.6. The van der Waals surface area contributed by atoms with E-state index in [0.29, 0.717) is 6.42 Å². The molecule has 2 aromatic carbocycles. The van der Waals surface area contributed by atoms with Gasteiger partial charge in [-0.1, -0.05) is 66.7 Å². The first-order chi connectivity index (χ1) is 13.2. The molecule has 0 saturated heterocycles. The highest BCUT2D eigenvalue weighted by Gasteiger charge is 2.33. The summed E-state index contributed by atoms with van der Waals surface area (Å²) >= 11 is 0. The van der Waals surface area contributed by atoms with Crippen molar-refractivity contribution >= 4 is 23.8 Å². The Morgan fingerprint density at radius 2 is 1.56 bits per heavy atom. The predicted molar refractivity (Wildman–Crippen MR) is 104 cm³/mol. The molecule has 5 heteroatoms. The average molecular weight is 363 g/mol. The van der Waals surface area contributed by atoms with Gasteiger partial charge in [0.25, 0.3) is 0 Å². The Balaban J connectivity index is 2.10. The van der Waals surface area contributed by atoms with Crippen molar-refractivity contribution in [3.8, 4) is 0 Å². The second-order valence-electron chi connectivity index (χ2n) is 6.06. The van der Waals surface area contributed by atoms with Crippen molar-refractivity contribution in [3.05, 3.63) is 83.4 Å². The Kier molecular flexibility index (Phi) is 5.71. The van der Waals surface area contributed by atoms with Crippen LogP contribution in [0.15, 0.2) is 66.7 Å². The Hall–Kier alpha value is -3.34. The number of carbonyl (C=O) groups is 2. The SMILES string of the molecule is COC(=O)N(C(=O)OC)C1C/C=C\C(c2ccccc2)=C/c2ccccc21. The maximum Gasteiger partial charge on any atom is 0.419 e. The summed E-state index contributed by atoms with van der Waals surface area (Å²) in [7, 11) is 2.49. The van der Waals surface area contributed by atoms with Crippen LogP contribution in [0.4, 0.5) is 9.59 Å². The molecule has 27 heavy (non-hydrogen) atoms. The van der Waals surface area contributed by atoms with Crippen molar-refractivity contribution in [1.29, 1.82) is 0 Å². The molecule has 0 aliphatic heterocycles. The molecule has 3 rings (SSSR count). The number of allylic oxidation sites excluding steroid dienone is 2. The van der Waals surface area contributed by atoms with Gasteiger partial charge >= 0.3 is 12.2 Å². The van der Waals surface area contributed by atoms with Crippen LogP contribution in [-0.4, -0.2) is 31.3 Å². The lowest BCUT2D eigenvalue weighted by Gasteiger charge is -2.29. The first-order valence-corrected chi connectivity index (χ1v) is 8.63. The van der Waals surface area contributed by atoms with Gasteiger partial charge in [0.1, 0.15) is 0 Å². The Morgan fingerprint density at radius 1 is 0.926 bits per heavy atom. The van der Waals surface area contributed by atoms with Gasteiger partial charge < -0.3 is 9.47 Å². The molecule has 0 spiro atoms. The maximum absolute atomic E-state index is 12.3. The van der Waals surface area contributed by atoms with Crippen molar-refractivity contribution in [3.63, 3.8) is 0 Å². The predicted octanol–water partition coefficient (Wildman–Crippen LogP) is 5.06. The number of hydrogen-bond acceptors (Lipinski definition) is 4. The van der Waals surface area contributed by atoms with Crippen molar-refractivity contribution in [1.82, 2.24) is 4.90 Å². The van der Waals surface area contributed by atoms with E-state index in [2.05, 4.69) is 6.08 Å². The van der Waals surface area contributed by atoms with Gasteiger partial charge in [0.05, 0.1) is 20.3 Å². The summed E-state index contributed by atoms with van der Waals surface area (Å²) in [5.41, 5.74) is 3.94. The summed E-state index contributed by atoms with van der Waals surface area (Å²) in [6, 6.07) is 17.2. The van der Waals surface area contributed by atoms with E-state index in [-0.39, 0.29) is 0 Å². The van der Waals surface area contributed by atoms with Crippen molar-refractivity contribution in [2.45, 2.75) is 12.5 Å². The molecule has 1 unspecified atom stereocenters. The van der Waals surface area contributed by atoms with Crippen LogP contribution in [0, 0.1) is 0 Å². The number of rotatable bonds is 2. The molecular formula is C22H21NO4. The second kappa shape index (κ2) is 8.36. The van der Waals surface area contributed by atoms with Crippen LogP contribution in [-0.2, 0) is 9.47 Å². The zero-order valence-corrected chi connectivity index (χ0v) is 15.3. The van der Waals surface area contributed by atoms with Crippen LogP contribution in [0.5, 0.6) is 0 Å². The van der Waals surface area contributed by atoms with Crippen LogP contribution in [0.2, 0.25) is 0 Å². The van der Waals surface area contributed by atoms with E-state index in [4.69, 9.17) is 9.47 Å². The number of benzene rings is 2. The molecule has 1 atom stereocenters. The smallest absolute Gasteiger partial charge is 0.419 e. The molecule has 2 aromatic rings. The number of ether oxygens (including phenoxy) is 2. The summed E-state index contributed by atoms with van der Waals surface area (Å²) in [6.45, 7) is 0. The van der Waals surface area contributed by atoms with Gasteiger partial charge in [0, 0.05) is 0 Å². The van der Waals surface area contributed by atoms with Gasteiger partial charge in [-0.3, -0.25) is 0 Å². The molecule has 2 amide bonds. The highest BCUT2D eigenvalue weighted by molar-refractivity contribution is 5.91. The third-order valence-corrected chi connectivity index (χ3v) is 4.48. The fourth-order valence-corrected chi connectivity index (χ4v) is 3.19. The first kappa shape index (κ1) is 18.5. The summed E-state index contributed by atoms with van der Waals surface area (Å²) in [5.74, 6) is 0. The Morgan fingerprint density at radius 3 is 2.22 bits per heavy atom. The number of carbonyl (C=O) groups excluding carboxylic acids is 2. The third kappa shape index (κ3) is 3.92. The highest BCUT2D eigenvalue weighted by Crippen LogP contribution is 2.34. The van der Waals surface area contributed by atoms with Crippen LogP contribution in [0.1, 0.15) is 29.2 Å². The molecule has 5 nitrogen and oxygen atoms in total. The average Bonchev–Trinajstić information content (AvgIpc) is 2.70. The van der Waals surface area contributed by atoms with Crippen LogP contribution >= 0.6 is 0 Å². The Bertz CT molecular complexity index is 870. The molecule has 0 fully saturated rings. The van der Waals surface area contributed by atoms with E-state index in [0.717, 1.165) is 27.2 Å². The zero-order valence-electron chi connectivity index (χ0n) is 15.3. The monoisotopic (exact) mass is 363 g/mol. The number of hydrogen-bond donors (Lipinski definition) is 0. The number of methoxy groups -OCH3 is 2. The molecule has 138 valence electrons. The van der Waals surface area contributed by atoms with Crippen molar-refractivity contribution in [2.24, 2.45) is 0 Å². The van der Waals surface area contributed by atoms with E-state index in [9.17, 15) is 9.59 Å². The van der Waals surface area contributed by atoms with E-state index >= 15 is 0 Å². The fourth-order valence-electron chi connectivity index (χ4n) is 3.19. The lowest BCUT2D eigenvalue weighted by molar-refractivity contribution is 0.0830. The van der Waals surface area contributed by atoms with Gasteiger partial charge in [0.15, 0.2) is 0 Å². The number of nitrogens with zero attached hydrogens (tertiary/aromatic N) is 1. The molecule has 0 aromatic heterocycles. The third-order valence-electron chi connectivity index (χ3n) is 4.48. The van der Waals surface area contributed by atoms with Gasteiger partial charge in [-0.2, -0.15) is 0 Å². The minimum Gasteiger partial charge on any atom is -0.452 e. The summed E-state index contributed by atoms with van der Waals surface area (Å²) < 4.78 is 9.63. The number of imide groups is 1. The highest BCUT2D eigenvalue weighted by atomic mass is 16.6. The molecule has 0 saturated carbocycles. The maximum atomic E-state index is 12.3. The molecule has 0 radical (unpaired) electrons. The standard InChI is InChI=1S/C22H21NO4/c1-26-21(24)23(22(25)27-2)20-14-8-12-17(16-9-4-3-5-10-16)15-18-11-6-7-13-19(18)20/h3-13,15,20H,14H2,1-2H3/b12-8-,17-15+. The fraction of sp³-hybridized carbons (Fsp3) is 0.182. The zero-order chi connectivity index (χ0) is 19.2. The lowest BCUT2D eigenvalue weighted by atomic mass is 9.91. The van der Waals surface area contributed by atoms with E-state index in [1.54, 1.807) is 0 Å². The summed E-state index contributed by atoms with van der Waals surface area (Å²) in [6.07, 6.45) is 4.97. The normalized spacial score (nSPS) is 18.7. The quantitative estimate of drug-likeness (QED) is 0.748. The lowest BCUT2D eigenvalue weighted by Crippen LogP contribution is -2.40. The van der Waals surface area contributed by atoms with Crippen LogP contribution in [0.25, 0.3) is 11.6 Å². The van der Waals surface area contributed by atoms with E-state index in [1.807, 2.05) is 66.7 Å². The first-order valence-electron chi connectivity index (χ1n) is 8.63. The molecule has 1 aliphatic carbocycles. The molecule has 0 bridgehead atoms. The number of amides is 2.